The highest BCUT2D eigenvalue weighted by atomic mass is 16.5. The highest BCUT2D eigenvalue weighted by Crippen LogP contribution is 2.68. The van der Waals surface area contributed by atoms with Gasteiger partial charge in [-0.3, -0.25) is 9.59 Å². The van der Waals surface area contributed by atoms with E-state index in [-0.39, 0.29) is 34.6 Å². The Balaban J connectivity index is 1.65. The number of aliphatic hydroxyl groups excluding tert-OH is 1. The van der Waals surface area contributed by atoms with Crippen molar-refractivity contribution in [3.05, 3.63) is 11.6 Å². The molecule has 3 fully saturated rings. The Labute approximate surface area is 181 Å². The van der Waals surface area contributed by atoms with Crippen LogP contribution in [0.15, 0.2) is 11.6 Å². The lowest BCUT2D eigenvalue weighted by atomic mass is 9.43. The second-order valence-electron chi connectivity index (χ2n) is 11.3. The van der Waals surface area contributed by atoms with Crippen LogP contribution in [0.2, 0.25) is 0 Å². The average molecular weight is 417 g/mol. The molecular weight excluding hydrogens is 376 g/mol. The van der Waals surface area contributed by atoms with Crippen LogP contribution in [0.5, 0.6) is 0 Å². The molecule has 4 aliphatic carbocycles. The Kier molecular flexibility index (Phi) is 5.70. The number of aliphatic hydroxyl groups is 1. The highest BCUT2D eigenvalue weighted by molar-refractivity contribution is 5.91. The first kappa shape index (κ1) is 22.0. The molecule has 0 saturated heterocycles. The summed E-state index contributed by atoms with van der Waals surface area (Å²) in [6.07, 6.45) is 8.67. The van der Waals surface area contributed by atoms with Gasteiger partial charge in [0.15, 0.2) is 5.78 Å². The van der Waals surface area contributed by atoms with Crippen molar-refractivity contribution in [2.24, 2.45) is 46.3 Å². The molecule has 4 rings (SSSR count). The number of ketones is 1. The van der Waals surface area contributed by atoms with Crippen LogP contribution in [0.1, 0.15) is 79.6 Å². The maximum atomic E-state index is 12.3. The van der Waals surface area contributed by atoms with Crippen LogP contribution >= 0.6 is 0 Å². The summed E-state index contributed by atoms with van der Waals surface area (Å²) in [5.74, 6) is 2.34. The van der Waals surface area contributed by atoms with Gasteiger partial charge in [-0.2, -0.15) is 0 Å². The van der Waals surface area contributed by atoms with E-state index in [4.69, 9.17) is 4.74 Å². The van der Waals surface area contributed by atoms with Crippen molar-refractivity contribution < 1.29 is 19.4 Å². The van der Waals surface area contributed by atoms with Gasteiger partial charge in [-0.1, -0.05) is 33.3 Å². The number of carbonyl (C=O) groups excluding carboxylic acids is 2. The van der Waals surface area contributed by atoms with Crippen molar-refractivity contribution in [3.8, 4) is 0 Å². The highest BCUT2D eigenvalue weighted by Gasteiger charge is 2.63. The van der Waals surface area contributed by atoms with Gasteiger partial charge in [-0.25, -0.2) is 0 Å². The summed E-state index contributed by atoms with van der Waals surface area (Å²) in [6.45, 7) is 11.2. The van der Waals surface area contributed by atoms with Gasteiger partial charge in [0.05, 0.1) is 12.7 Å². The van der Waals surface area contributed by atoms with Crippen LogP contribution in [0.25, 0.3) is 0 Å². The van der Waals surface area contributed by atoms with E-state index in [2.05, 4.69) is 27.7 Å². The van der Waals surface area contributed by atoms with Gasteiger partial charge >= 0.3 is 5.97 Å². The minimum absolute atomic E-state index is 0.0568. The Morgan fingerprint density at radius 2 is 1.97 bits per heavy atom. The number of rotatable bonds is 4. The summed E-state index contributed by atoms with van der Waals surface area (Å²) >= 11 is 0. The zero-order valence-corrected chi connectivity index (χ0v) is 19.4. The first-order chi connectivity index (χ1) is 14.1. The zero-order valence-electron chi connectivity index (χ0n) is 19.4. The number of ether oxygens (including phenoxy) is 1. The van der Waals surface area contributed by atoms with Crippen LogP contribution in [0, 0.1) is 46.3 Å². The third kappa shape index (κ3) is 3.20. The molecule has 4 aliphatic rings. The summed E-state index contributed by atoms with van der Waals surface area (Å²) in [4.78, 5) is 23.6. The van der Waals surface area contributed by atoms with E-state index in [0.29, 0.717) is 42.6 Å². The molecule has 9 atom stereocenters. The fourth-order valence-electron chi connectivity index (χ4n) is 8.54. The minimum atomic E-state index is -0.350. The van der Waals surface area contributed by atoms with E-state index in [0.717, 1.165) is 32.1 Å². The number of fused-ring (bicyclic) bond motifs is 5. The molecule has 0 aromatic carbocycles. The number of carbonyl (C=O) groups is 2. The summed E-state index contributed by atoms with van der Waals surface area (Å²) in [5, 5.41) is 11.6. The zero-order chi connectivity index (χ0) is 21.8. The SMILES string of the molecule is CC[C@H]1C2=CC(=O)CC[C@]2(C)[C@H]2CC[C@]3(C)[C@@H]([C@H](C)COC(C)=O)CC[C@H]3[C@@H]2[C@@H]1O. The van der Waals surface area contributed by atoms with E-state index in [1.807, 2.05) is 6.08 Å². The third-order valence-electron chi connectivity index (χ3n) is 9.97. The molecule has 30 heavy (non-hydrogen) atoms. The molecule has 0 spiro atoms. The number of hydrogen-bond acceptors (Lipinski definition) is 4. The second-order valence-corrected chi connectivity index (χ2v) is 11.3. The van der Waals surface area contributed by atoms with Crippen molar-refractivity contribution in [2.45, 2.75) is 85.7 Å². The largest absolute Gasteiger partial charge is 0.466 e. The first-order valence-corrected chi connectivity index (χ1v) is 12.2. The van der Waals surface area contributed by atoms with Crippen molar-refractivity contribution in [1.82, 2.24) is 0 Å². The molecule has 0 radical (unpaired) electrons. The lowest BCUT2D eigenvalue weighted by Gasteiger charge is -2.61. The normalized spacial score (nSPS) is 46.3. The molecule has 0 aliphatic heterocycles. The lowest BCUT2D eigenvalue weighted by molar-refractivity contribution is -0.146. The van der Waals surface area contributed by atoms with Gasteiger partial charge in [0.1, 0.15) is 0 Å². The molecule has 0 amide bonds. The molecule has 0 heterocycles. The van der Waals surface area contributed by atoms with E-state index in [9.17, 15) is 14.7 Å². The maximum Gasteiger partial charge on any atom is 0.302 e. The van der Waals surface area contributed by atoms with E-state index in [1.54, 1.807) is 0 Å². The van der Waals surface area contributed by atoms with Crippen molar-refractivity contribution in [1.29, 1.82) is 0 Å². The van der Waals surface area contributed by atoms with Gasteiger partial charge in [-0.15, -0.1) is 0 Å². The van der Waals surface area contributed by atoms with E-state index >= 15 is 0 Å². The molecule has 3 saturated carbocycles. The summed E-state index contributed by atoms with van der Waals surface area (Å²) < 4.78 is 5.37. The lowest BCUT2D eigenvalue weighted by Crippen LogP contribution is -2.58. The molecule has 0 aromatic rings. The second kappa shape index (κ2) is 7.76. The van der Waals surface area contributed by atoms with Gasteiger partial charge < -0.3 is 9.84 Å². The number of esters is 1. The minimum Gasteiger partial charge on any atom is -0.466 e. The standard InChI is InChI=1S/C26H40O4/c1-6-18-22-13-17(28)9-11-26(22,5)21-10-12-25(4)19(15(2)14-30-16(3)27)7-8-20(25)23(21)24(18)29/h13,15,18-21,23-24,29H,6-12,14H2,1-5H3/t15-,18+,19-,20+,21+,23+,24-,25-,26-/m1/s1. The molecule has 1 N–H and O–H groups in total. The molecule has 4 heteroatoms. The van der Waals surface area contributed by atoms with Crippen LogP contribution in [-0.2, 0) is 14.3 Å². The Morgan fingerprint density at radius 3 is 2.63 bits per heavy atom. The molecule has 4 nitrogen and oxygen atoms in total. The van der Waals surface area contributed by atoms with Gasteiger partial charge in [0, 0.05) is 19.3 Å². The fourth-order valence-corrected chi connectivity index (χ4v) is 8.54. The van der Waals surface area contributed by atoms with Gasteiger partial charge in [0.2, 0.25) is 0 Å². The average Bonchev–Trinajstić information content (AvgIpc) is 3.05. The van der Waals surface area contributed by atoms with Crippen molar-refractivity contribution >= 4 is 11.8 Å². The Hall–Kier alpha value is -1.16. The molecule has 168 valence electrons. The molecule has 0 unspecified atom stereocenters. The van der Waals surface area contributed by atoms with Gasteiger partial charge in [-0.05, 0) is 85.0 Å². The van der Waals surface area contributed by atoms with Gasteiger partial charge in [0.25, 0.3) is 0 Å². The monoisotopic (exact) mass is 416 g/mol. The maximum absolute atomic E-state index is 12.3. The Bertz CT molecular complexity index is 741. The van der Waals surface area contributed by atoms with Crippen LogP contribution in [0.3, 0.4) is 0 Å². The predicted octanol–water partition coefficient (Wildman–Crippen LogP) is 4.94. The predicted molar refractivity (Wildman–Crippen MR) is 117 cm³/mol. The summed E-state index contributed by atoms with van der Waals surface area (Å²) in [6, 6.07) is 0. The molecular formula is C26H40O4. The fraction of sp³-hybridized carbons (Fsp3) is 0.846. The summed E-state index contributed by atoms with van der Waals surface area (Å²) in [5.41, 5.74) is 1.50. The van der Waals surface area contributed by atoms with Crippen molar-refractivity contribution in [2.75, 3.05) is 6.61 Å². The van der Waals surface area contributed by atoms with E-state index in [1.165, 1.54) is 18.9 Å². The van der Waals surface area contributed by atoms with E-state index < -0.39 is 0 Å². The van der Waals surface area contributed by atoms with Crippen LogP contribution in [-0.4, -0.2) is 29.6 Å². The Morgan fingerprint density at radius 1 is 1.23 bits per heavy atom. The topological polar surface area (TPSA) is 63.6 Å². The molecule has 0 bridgehead atoms. The van der Waals surface area contributed by atoms with Crippen LogP contribution in [0.4, 0.5) is 0 Å². The summed E-state index contributed by atoms with van der Waals surface area (Å²) in [7, 11) is 0. The number of hydrogen-bond donors (Lipinski definition) is 1. The third-order valence-corrected chi connectivity index (χ3v) is 9.97. The van der Waals surface area contributed by atoms with Crippen LogP contribution < -0.4 is 0 Å². The van der Waals surface area contributed by atoms with Crippen molar-refractivity contribution in [3.63, 3.8) is 0 Å². The quantitative estimate of drug-likeness (QED) is 0.659. The molecule has 0 aromatic heterocycles. The first-order valence-electron chi connectivity index (χ1n) is 12.2. The smallest absolute Gasteiger partial charge is 0.302 e.